The summed E-state index contributed by atoms with van der Waals surface area (Å²) >= 11 is 1.56. The lowest BCUT2D eigenvalue weighted by atomic mass is 9.93. The van der Waals surface area contributed by atoms with Crippen LogP contribution in [-0.2, 0) is 19.6 Å². The Balaban J connectivity index is 0.000000383. The molecule has 2 fully saturated rings. The second kappa shape index (κ2) is 9.41. The molecule has 2 saturated heterocycles. The highest BCUT2D eigenvalue weighted by atomic mass is 32.2. The monoisotopic (exact) mass is 505 g/mol. The molecule has 0 saturated carbocycles. The van der Waals surface area contributed by atoms with Gasteiger partial charge in [-0.1, -0.05) is 18.2 Å². The predicted molar refractivity (Wildman–Crippen MR) is 116 cm³/mol. The SMILES string of the molecule is CN1CC(=O)N(c2ccsc2)CC12CCN(S(=O)(=O)c1ccccc1)C2.O=C(O)C(F)(F)F. The molecule has 1 N–H and O–H groups in total. The number of amides is 1. The molecule has 3 heterocycles. The zero-order valence-electron chi connectivity index (χ0n) is 17.5. The Morgan fingerprint density at radius 3 is 2.33 bits per heavy atom. The van der Waals surface area contributed by atoms with E-state index in [2.05, 4.69) is 0 Å². The van der Waals surface area contributed by atoms with Crippen LogP contribution in [0.25, 0.3) is 0 Å². The summed E-state index contributed by atoms with van der Waals surface area (Å²) in [7, 11) is -1.60. The summed E-state index contributed by atoms with van der Waals surface area (Å²) in [4.78, 5) is 25.5. The minimum absolute atomic E-state index is 0.0564. The average Bonchev–Trinajstić information content (AvgIpc) is 3.43. The van der Waals surface area contributed by atoms with Crippen molar-refractivity contribution in [3.63, 3.8) is 0 Å². The summed E-state index contributed by atoms with van der Waals surface area (Å²) in [5.41, 5.74) is 0.550. The van der Waals surface area contributed by atoms with Crippen molar-refractivity contribution in [1.29, 1.82) is 0 Å². The van der Waals surface area contributed by atoms with Crippen molar-refractivity contribution >= 4 is 38.9 Å². The van der Waals surface area contributed by atoms with Crippen molar-refractivity contribution in [1.82, 2.24) is 9.21 Å². The van der Waals surface area contributed by atoms with Gasteiger partial charge in [0.05, 0.1) is 22.7 Å². The van der Waals surface area contributed by atoms with E-state index in [0.717, 1.165) is 5.69 Å². The Hall–Kier alpha value is -2.48. The van der Waals surface area contributed by atoms with Crippen LogP contribution in [0.1, 0.15) is 6.42 Å². The van der Waals surface area contributed by atoms with Crippen molar-refractivity contribution in [3.05, 3.63) is 47.2 Å². The van der Waals surface area contributed by atoms with E-state index in [1.165, 1.54) is 0 Å². The molecule has 2 aliphatic heterocycles. The highest BCUT2D eigenvalue weighted by Gasteiger charge is 2.50. The number of carbonyl (C=O) groups excluding carboxylic acids is 1. The minimum atomic E-state index is -5.08. The second-order valence-electron chi connectivity index (χ2n) is 7.75. The molecular formula is C20H22F3N3O5S2. The molecule has 1 spiro atoms. The fourth-order valence-electron chi connectivity index (χ4n) is 3.81. The maximum absolute atomic E-state index is 13.0. The molecule has 0 radical (unpaired) electrons. The Morgan fingerprint density at radius 2 is 1.79 bits per heavy atom. The van der Waals surface area contributed by atoms with E-state index in [-0.39, 0.29) is 11.4 Å². The number of piperazine rings is 1. The predicted octanol–water partition coefficient (Wildman–Crippen LogP) is 2.49. The van der Waals surface area contributed by atoms with Gasteiger partial charge in [0, 0.05) is 25.0 Å². The van der Waals surface area contributed by atoms with E-state index in [4.69, 9.17) is 9.90 Å². The molecule has 0 aliphatic carbocycles. The van der Waals surface area contributed by atoms with Crippen LogP contribution in [0.3, 0.4) is 0 Å². The lowest BCUT2D eigenvalue weighted by molar-refractivity contribution is -0.192. The van der Waals surface area contributed by atoms with E-state index in [1.807, 2.05) is 34.8 Å². The van der Waals surface area contributed by atoms with Crippen molar-refractivity contribution in [2.75, 3.05) is 38.1 Å². The van der Waals surface area contributed by atoms with Crippen LogP contribution in [0, 0.1) is 0 Å². The second-order valence-corrected chi connectivity index (χ2v) is 10.5. The fraction of sp³-hybridized carbons (Fsp3) is 0.400. The zero-order valence-corrected chi connectivity index (χ0v) is 19.2. The summed E-state index contributed by atoms with van der Waals surface area (Å²) in [6, 6.07) is 10.5. The number of hydrogen-bond donors (Lipinski definition) is 1. The molecule has 2 aromatic rings. The number of aliphatic carboxylic acids is 1. The molecule has 13 heteroatoms. The number of anilines is 1. The summed E-state index contributed by atoms with van der Waals surface area (Å²) in [5.74, 6) is -2.70. The molecular weight excluding hydrogens is 483 g/mol. The van der Waals surface area contributed by atoms with E-state index in [9.17, 15) is 26.4 Å². The molecule has 180 valence electrons. The Labute approximate surface area is 192 Å². The van der Waals surface area contributed by atoms with Crippen LogP contribution < -0.4 is 4.90 Å². The number of rotatable bonds is 3. The van der Waals surface area contributed by atoms with Gasteiger partial charge in [-0.2, -0.15) is 28.8 Å². The summed E-state index contributed by atoms with van der Waals surface area (Å²) in [5, 5.41) is 11.0. The molecule has 1 amide bonds. The first kappa shape index (κ1) is 25.1. The number of carbonyl (C=O) groups is 2. The lowest BCUT2D eigenvalue weighted by Gasteiger charge is -2.46. The molecule has 1 unspecified atom stereocenters. The number of carboxylic acid groups (broad SMARTS) is 1. The number of alkyl halides is 3. The first-order valence-corrected chi connectivity index (χ1v) is 12.1. The van der Waals surface area contributed by atoms with Gasteiger partial charge in [0.1, 0.15) is 0 Å². The molecule has 8 nitrogen and oxygen atoms in total. The summed E-state index contributed by atoms with van der Waals surface area (Å²) in [6.07, 6.45) is -4.37. The molecule has 4 rings (SSSR count). The van der Waals surface area contributed by atoms with Gasteiger partial charge >= 0.3 is 12.1 Å². The van der Waals surface area contributed by atoms with Gasteiger partial charge in [-0.05, 0) is 37.0 Å². The smallest absolute Gasteiger partial charge is 0.475 e. The van der Waals surface area contributed by atoms with Crippen molar-refractivity contribution in [2.24, 2.45) is 0 Å². The maximum atomic E-state index is 13.0. The highest BCUT2D eigenvalue weighted by Crippen LogP contribution is 2.36. The van der Waals surface area contributed by atoms with Crippen LogP contribution in [-0.4, -0.2) is 79.5 Å². The van der Waals surface area contributed by atoms with Crippen molar-refractivity contribution < 1.29 is 36.3 Å². The standard InChI is InChI=1S/C18H21N3O3S2.C2HF3O2/c1-19-11-17(22)21(15-7-10-25-12-15)14-18(19)8-9-20(13-18)26(23,24)16-5-3-2-4-6-16;3-2(4,5)1(6)7/h2-7,10,12H,8-9,11,13-14H2,1H3;(H,6,7). The lowest BCUT2D eigenvalue weighted by Crippen LogP contribution is -2.64. The van der Waals surface area contributed by atoms with Gasteiger partial charge in [0.2, 0.25) is 15.9 Å². The minimum Gasteiger partial charge on any atom is -0.475 e. The third kappa shape index (κ3) is 5.37. The quantitative estimate of drug-likeness (QED) is 0.689. The van der Waals surface area contributed by atoms with Crippen LogP contribution in [0.15, 0.2) is 52.1 Å². The molecule has 33 heavy (non-hydrogen) atoms. The Kier molecular flexibility index (Phi) is 7.17. The van der Waals surface area contributed by atoms with E-state index < -0.39 is 22.2 Å². The highest BCUT2D eigenvalue weighted by molar-refractivity contribution is 7.89. The van der Waals surface area contributed by atoms with Gasteiger partial charge in [-0.3, -0.25) is 9.69 Å². The van der Waals surface area contributed by atoms with Crippen LogP contribution >= 0.6 is 11.3 Å². The molecule has 2 aliphatic rings. The third-order valence-corrected chi connectivity index (χ3v) is 8.20. The number of halogens is 3. The third-order valence-electron chi connectivity index (χ3n) is 5.67. The van der Waals surface area contributed by atoms with E-state index >= 15 is 0 Å². The van der Waals surface area contributed by atoms with E-state index in [1.54, 1.807) is 44.8 Å². The van der Waals surface area contributed by atoms with Crippen molar-refractivity contribution in [3.8, 4) is 0 Å². The average molecular weight is 506 g/mol. The molecule has 0 bridgehead atoms. The van der Waals surface area contributed by atoms with Crippen molar-refractivity contribution in [2.45, 2.75) is 23.0 Å². The number of hydrogen-bond acceptors (Lipinski definition) is 6. The van der Waals surface area contributed by atoms with E-state index in [0.29, 0.717) is 37.5 Å². The number of thiophene rings is 1. The van der Waals surface area contributed by atoms with Crippen LogP contribution in [0.2, 0.25) is 0 Å². The zero-order chi connectivity index (χ0) is 24.4. The summed E-state index contributed by atoms with van der Waals surface area (Å²) in [6.45, 7) is 1.68. The topological polar surface area (TPSA) is 98.2 Å². The molecule has 1 aromatic heterocycles. The van der Waals surface area contributed by atoms with Gasteiger partial charge in [0.25, 0.3) is 0 Å². The Morgan fingerprint density at radius 1 is 1.15 bits per heavy atom. The van der Waals surface area contributed by atoms with Gasteiger partial charge in [0.15, 0.2) is 0 Å². The molecule has 1 aromatic carbocycles. The summed E-state index contributed by atoms with van der Waals surface area (Å²) < 4.78 is 59.2. The van der Waals surface area contributed by atoms with Crippen LogP contribution in [0.5, 0.6) is 0 Å². The first-order chi connectivity index (χ1) is 15.4. The largest absolute Gasteiger partial charge is 0.490 e. The Bertz CT molecular complexity index is 1090. The van der Waals surface area contributed by atoms with Gasteiger partial charge < -0.3 is 10.0 Å². The molecule has 1 atom stereocenters. The van der Waals surface area contributed by atoms with Gasteiger partial charge in [-0.25, -0.2) is 13.2 Å². The normalized spacial score (nSPS) is 22.3. The van der Waals surface area contributed by atoms with Crippen LogP contribution in [0.4, 0.5) is 18.9 Å². The number of sulfonamides is 1. The number of carboxylic acids is 1. The number of nitrogens with zero attached hydrogens (tertiary/aromatic N) is 3. The number of likely N-dealkylation sites (N-methyl/N-ethyl adjacent to an activating group) is 1. The number of benzene rings is 1. The van der Waals surface area contributed by atoms with Gasteiger partial charge in [-0.15, -0.1) is 0 Å². The fourth-order valence-corrected chi connectivity index (χ4v) is 5.99. The first-order valence-electron chi connectivity index (χ1n) is 9.76. The maximum Gasteiger partial charge on any atom is 0.490 e.